The molecule has 15 nitrogen and oxygen atoms in total. The molecule has 0 radical (unpaired) electrons. The first-order chi connectivity index (χ1) is 46.7. The van der Waals surface area contributed by atoms with Crippen molar-refractivity contribution in [3.63, 3.8) is 0 Å². The molecule has 95 heavy (non-hydrogen) atoms. The van der Waals surface area contributed by atoms with Gasteiger partial charge in [-0.3, -0.25) is 24.1 Å². The van der Waals surface area contributed by atoms with Crippen molar-refractivity contribution in [3.05, 3.63) is 305 Å². The van der Waals surface area contributed by atoms with Gasteiger partial charge < -0.3 is 23.6 Å². The summed E-state index contributed by atoms with van der Waals surface area (Å²) < 4.78 is 18.6. The number of halogens is 4. The van der Waals surface area contributed by atoms with Gasteiger partial charge in [0, 0.05) is 122 Å². The van der Waals surface area contributed by atoms with Crippen molar-refractivity contribution in [2.45, 2.75) is 0 Å². The number of para-hydroxylation sites is 2. The number of phenols is 1. The number of rotatable bonds is 5. The van der Waals surface area contributed by atoms with Crippen LogP contribution in [0.1, 0.15) is 0 Å². The van der Waals surface area contributed by atoms with E-state index >= 15 is 0 Å². The maximum Gasteiger partial charge on any atom is 0.219 e. The summed E-state index contributed by atoms with van der Waals surface area (Å²) in [5.74, 6) is 3.24. The van der Waals surface area contributed by atoms with Gasteiger partial charge in [-0.2, -0.15) is 0 Å². The van der Waals surface area contributed by atoms with Gasteiger partial charge in [-0.25, -0.2) is 24.9 Å². The molecule has 0 amide bonds. The number of hydrogen-bond acceptors (Lipinski definition) is 10. The molecule has 458 valence electrons. The lowest BCUT2D eigenvalue weighted by Gasteiger charge is -2.11. The zero-order valence-electron chi connectivity index (χ0n) is 49.9. The van der Waals surface area contributed by atoms with Gasteiger partial charge in [-0.15, -0.1) is 0 Å². The zero-order valence-corrected chi connectivity index (χ0v) is 56.2. The van der Waals surface area contributed by atoms with Gasteiger partial charge in [0.05, 0.1) is 83.4 Å². The Balaban J connectivity index is 0.000000108. The number of hydrogen-bond donors (Lipinski definition) is 2. The molecule has 2 N–H and O–H groups in total. The third kappa shape index (κ3) is 12.0. The third-order valence-corrected chi connectivity index (χ3v) is 18.7. The molecule has 0 bridgehead atoms. The molecule has 0 unspecified atom stereocenters. The summed E-state index contributed by atoms with van der Waals surface area (Å²) >= 11 is 13.4. The second-order valence-electron chi connectivity index (χ2n) is 21.7. The van der Waals surface area contributed by atoms with E-state index in [4.69, 9.17) is 9.72 Å². The van der Waals surface area contributed by atoms with Gasteiger partial charge in [0.1, 0.15) is 32.3 Å². The smallest absolute Gasteiger partial charge is 0.219 e. The molecular formula is C76H49Br4N13O2. The molecule has 19 heteroatoms. The molecule has 4 aromatic carbocycles. The van der Waals surface area contributed by atoms with Crippen LogP contribution in [-0.4, -0.2) is 67.9 Å². The molecule has 15 aromatic heterocycles. The summed E-state index contributed by atoms with van der Waals surface area (Å²) in [5.41, 5.74) is 12.4. The number of nitrogens with one attached hydrogen (secondary N) is 1. The number of phenolic OH excluding ortho intramolecular Hbond substituents is 1. The SMILES string of the molecule is Brc1ccc2c3ccncc3n3cccc3c2n1.Brc1cccc(-c2ccc[nH]2)n1.Brc1ccncc1Br.Oc1ccc2c3ccccc3n(-c3ccccn3)c2c1.c1ccc(-n2c3ccccc3c3ccc(Oc4ccc5c6ccncc6n6cccc6c5n4)cc32)nc1. The van der Waals surface area contributed by atoms with Crippen LogP contribution >= 0.6 is 63.7 Å². The molecule has 19 aromatic rings. The van der Waals surface area contributed by atoms with Crippen LogP contribution in [0.25, 0.3) is 121 Å². The Morgan fingerprint density at radius 2 is 0.905 bits per heavy atom. The van der Waals surface area contributed by atoms with Crippen molar-refractivity contribution in [1.82, 2.24) is 62.8 Å². The molecule has 0 atom stereocenters. The van der Waals surface area contributed by atoms with Crippen molar-refractivity contribution in [1.29, 1.82) is 0 Å². The Bertz CT molecular complexity index is 5980. The molecule has 0 saturated carbocycles. The lowest BCUT2D eigenvalue weighted by atomic mass is 10.1. The van der Waals surface area contributed by atoms with Crippen molar-refractivity contribution >= 4 is 162 Å². The van der Waals surface area contributed by atoms with Crippen LogP contribution in [0.4, 0.5) is 0 Å². The Kier molecular flexibility index (Phi) is 16.9. The Morgan fingerprint density at radius 1 is 0.368 bits per heavy atom. The number of ether oxygens (including phenoxy) is 1. The number of aromatic amines is 1. The van der Waals surface area contributed by atoms with Crippen LogP contribution in [0.2, 0.25) is 0 Å². The molecule has 0 saturated heterocycles. The fraction of sp³-hybridized carbons (Fsp3) is 0. The van der Waals surface area contributed by atoms with Gasteiger partial charge in [-0.05, 0) is 209 Å². The first kappa shape index (κ1) is 60.3. The van der Waals surface area contributed by atoms with E-state index in [9.17, 15) is 5.11 Å². The first-order valence-corrected chi connectivity index (χ1v) is 33.1. The molecule has 0 fully saturated rings. The normalized spacial score (nSPS) is 11.2. The fourth-order valence-corrected chi connectivity index (χ4v) is 13.0. The first-order valence-electron chi connectivity index (χ1n) is 29.9. The van der Waals surface area contributed by atoms with Crippen molar-refractivity contribution in [2.75, 3.05) is 0 Å². The predicted octanol–water partition coefficient (Wildman–Crippen LogP) is 20.4. The summed E-state index contributed by atoms with van der Waals surface area (Å²) in [6.07, 6.45) is 20.5. The minimum Gasteiger partial charge on any atom is -0.508 e. The van der Waals surface area contributed by atoms with E-state index in [0.717, 1.165) is 134 Å². The van der Waals surface area contributed by atoms with Gasteiger partial charge >= 0.3 is 0 Å². The van der Waals surface area contributed by atoms with E-state index in [2.05, 4.69) is 194 Å². The summed E-state index contributed by atoms with van der Waals surface area (Å²) in [6.45, 7) is 0. The number of nitrogens with zero attached hydrogens (tertiary/aromatic N) is 12. The Labute approximate surface area is 575 Å². The molecule has 0 aliphatic carbocycles. The van der Waals surface area contributed by atoms with E-state index in [1.54, 1.807) is 30.7 Å². The van der Waals surface area contributed by atoms with Gasteiger partial charge in [0.2, 0.25) is 5.88 Å². The molecule has 0 spiro atoms. The molecule has 0 aliphatic rings. The maximum atomic E-state index is 9.79. The minimum atomic E-state index is 0.262. The van der Waals surface area contributed by atoms with Crippen LogP contribution in [0.3, 0.4) is 0 Å². The Morgan fingerprint density at radius 3 is 1.49 bits per heavy atom. The zero-order chi connectivity index (χ0) is 64.4. The summed E-state index contributed by atoms with van der Waals surface area (Å²) in [6, 6.07) is 72.0. The molecule has 0 aliphatic heterocycles. The van der Waals surface area contributed by atoms with Crippen LogP contribution in [-0.2, 0) is 0 Å². The number of aromatic nitrogens is 13. The lowest BCUT2D eigenvalue weighted by molar-refractivity contribution is 0.466. The topological polar surface area (TPSA) is 167 Å². The van der Waals surface area contributed by atoms with Crippen LogP contribution in [0, 0.1) is 0 Å². The number of H-pyrrole nitrogens is 1. The number of benzene rings is 4. The molecule has 19 rings (SSSR count). The van der Waals surface area contributed by atoms with Crippen molar-refractivity contribution in [3.8, 4) is 40.4 Å². The fourth-order valence-electron chi connectivity index (χ4n) is 11.9. The maximum absolute atomic E-state index is 9.79. The number of pyridine rings is 10. The lowest BCUT2D eigenvalue weighted by Crippen LogP contribution is -1.97. The van der Waals surface area contributed by atoms with E-state index in [0.29, 0.717) is 5.88 Å². The highest BCUT2D eigenvalue weighted by Crippen LogP contribution is 2.38. The van der Waals surface area contributed by atoms with Gasteiger partial charge in [0.25, 0.3) is 0 Å². The van der Waals surface area contributed by atoms with E-state index < -0.39 is 0 Å². The van der Waals surface area contributed by atoms with Gasteiger partial charge in [-0.1, -0.05) is 54.6 Å². The standard InChI is InChI=1S/C31H19N5O.C17H12N2O.C14H8BrN3.C9H7BrN2.C5H3Br2N/c1-2-7-25-21(6-1)22-11-10-20(18-27(22)36(25)29-9-3-4-15-33-29)37-30-13-12-24-23-14-16-32-19-28(23)35-17-5-8-26(35)31(24)34-30;20-12-8-9-14-13-5-1-2-6-15(13)19(16(14)11-12)17-7-3-4-10-18-17;15-13-4-3-10-9-5-6-16-8-12(9)18-7-1-2-11(18)14(10)17-13;10-9-5-1-3-8(12-9)7-4-2-6-11-7;6-4-1-2-8-3-5(4)7/h1-19H;1-11,20H;1-8H;1-6,11H;1-3H. The number of aromatic hydroxyl groups is 1. The number of fused-ring (bicyclic) bond motifs is 18. The third-order valence-electron chi connectivity index (χ3n) is 16.0. The molecule has 15 heterocycles. The second-order valence-corrected chi connectivity index (χ2v) is 25.0. The highest BCUT2D eigenvalue weighted by molar-refractivity contribution is 9.13. The van der Waals surface area contributed by atoms with Gasteiger partial charge in [0.15, 0.2) is 0 Å². The van der Waals surface area contributed by atoms with Crippen molar-refractivity contribution in [2.24, 2.45) is 0 Å². The van der Waals surface area contributed by atoms with E-state index in [-0.39, 0.29) is 5.75 Å². The predicted molar refractivity (Wildman–Crippen MR) is 394 cm³/mol. The van der Waals surface area contributed by atoms with E-state index in [1.807, 2.05) is 183 Å². The monoisotopic (exact) mass is 1490 g/mol. The quantitative estimate of drug-likeness (QED) is 0.125. The highest BCUT2D eigenvalue weighted by atomic mass is 79.9. The van der Waals surface area contributed by atoms with Crippen molar-refractivity contribution < 1.29 is 9.84 Å². The minimum absolute atomic E-state index is 0.262. The van der Waals surface area contributed by atoms with Crippen LogP contribution in [0.15, 0.2) is 305 Å². The summed E-state index contributed by atoms with van der Waals surface area (Å²) in [4.78, 5) is 38.4. The summed E-state index contributed by atoms with van der Waals surface area (Å²) in [7, 11) is 0. The average Bonchev–Trinajstić information content (AvgIpc) is 1.75. The van der Waals surface area contributed by atoms with Crippen LogP contribution < -0.4 is 4.74 Å². The largest absolute Gasteiger partial charge is 0.508 e. The van der Waals surface area contributed by atoms with E-state index in [1.165, 1.54) is 10.8 Å². The average molecular weight is 1500 g/mol. The highest BCUT2D eigenvalue weighted by Gasteiger charge is 2.17. The second kappa shape index (κ2) is 26.6. The van der Waals surface area contributed by atoms with Crippen LogP contribution in [0.5, 0.6) is 17.4 Å². The summed E-state index contributed by atoms with van der Waals surface area (Å²) in [5, 5.41) is 18.9. The Hall–Kier alpha value is -11.0. The molecular weight excluding hydrogens is 1450 g/mol.